The first-order valence-corrected chi connectivity index (χ1v) is 8.07. The standard InChI is InChI=1S/C22H21FO/c1-22(2,3)17-12-13-21(23)20(15-17)16-8-7-11-19(14-16)24-18-9-5-4-6-10-18/h4-15H,1-3H3. The minimum atomic E-state index is -0.222. The first-order chi connectivity index (χ1) is 11.4. The fourth-order valence-corrected chi connectivity index (χ4v) is 2.56. The van der Waals surface area contributed by atoms with Gasteiger partial charge in [-0.3, -0.25) is 0 Å². The predicted octanol–water partition coefficient (Wildman–Crippen LogP) is 6.58. The van der Waals surface area contributed by atoms with Crippen molar-refractivity contribution in [3.8, 4) is 22.6 Å². The second-order valence-corrected chi connectivity index (χ2v) is 6.89. The van der Waals surface area contributed by atoms with Crippen molar-refractivity contribution < 1.29 is 9.13 Å². The van der Waals surface area contributed by atoms with Crippen LogP contribution in [0.2, 0.25) is 0 Å². The number of halogens is 1. The van der Waals surface area contributed by atoms with E-state index in [0.717, 1.165) is 16.9 Å². The van der Waals surface area contributed by atoms with Gasteiger partial charge < -0.3 is 4.74 Å². The second-order valence-electron chi connectivity index (χ2n) is 6.89. The summed E-state index contributed by atoms with van der Waals surface area (Å²) in [4.78, 5) is 0. The average molecular weight is 320 g/mol. The Hall–Kier alpha value is -2.61. The van der Waals surface area contributed by atoms with Gasteiger partial charge in [-0.05, 0) is 52.9 Å². The first kappa shape index (κ1) is 16.3. The molecular weight excluding hydrogens is 299 g/mol. The smallest absolute Gasteiger partial charge is 0.131 e. The molecule has 0 fully saturated rings. The molecule has 3 aromatic carbocycles. The van der Waals surface area contributed by atoms with E-state index in [2.05, 4.69) is 20.8 Å². The Morgan fingerprint density at radius 1 is 0.750 bits per heavy atom. The molecule has 0 saturated carbocycles. The fourth-order valence-electron chi connectivity index (χ4n) is 2.56. The summed E-state index contributed by atoms with van der Waals surface area (Å²) in [6, 6.07) is 22.4. The van der Waals surface area contributed by atoms with Crippen molar-refractivity contribution >= 4 is 0 Å². The topological polar surface area (TPSA) is 9.23 Å². The van der Waals surface area contributed by atoms with E-state index in [1.54, 1.807) is 6.07 Å². The molecule has 122 valence electrons. The number of para-hydroxylation sites is 1. The molecule has 1 nitrogen and oxygen atoms in total. The van der Waals surface area contributed by atoms with Crippen molar-refractivity contribution in [3.63, 3.8) is 0 Å². The van der Waals surface area contributed by atoms with Gasteiger partial charge >= 0.3 is 0 Å². The van der Waals surface area contributed by atoms with Crippen LogP contribution in [-0.4, -0.2) is 0 Å². The summed E-state index contributed by atoms with van der Waals surface area (Å²) in [6.07, 6.45) is 0. The molecule has 0 saturated heterocycles. The summed E-state index contributed by atoms with van der Waals surface area (Å²) in [6.45, 7) is 6.37. The van der Waals surface area contributed by atoms with Crippen LogP contribution in [0.5, 0.6) is 11.5 Å². The molecule has 3 rings (SSSR count). The second kappa shape index (κ2) is 6.48. The lowest BCUT2D eigenvalue weighted by Gasteiger charge is -2.20. The molecule has 0 bridgehead atoms. The van der Waals surface area contributed by atoms with E-state index in [1.165, 1.54) is 0 Å². The molecule has 0 aliphatic heterocycles. The quantitative estimate of drug-likeness (QED) is 0.529. The van der Waals surface area contributed by atoms with Gasteiger partial charge in [0.2, 0.25) is 0 Å². The van der Waals surface area contributed by atoms with E-state index < -0.39 is 0 Å². The lowest BCUT2D eigenvalue weighted by atomic mass is 9.85. The van der Waals surface area contributed by atoms with Gasteiger partial charge in [0.25, 0.3) is 0 Å². The number of rotatable bonds is 3. The van der Waals surface area contributed by atoms with Gasteiger partial charge in [-0.15, -0.1) is 0 Å². The Labute approximate surface area is 142 Å². The molecule has 0 aromatic heterocycles. The van der Waals surface area contributed by atoms with Crippen LogP contribution in [0.15, 0.2) is 72.8 Å². The van der Waals surface area contributed by atoms with Gasteiger partial charge in [-0.25, -0.2) is 4.39 Å². The number of ether oxygens (including phenoxy) is 1. The maximum atomic E-state index is 14.4. The van der Waals surface area contributed by atoms with Gasteiger partial charge in [0.1, 0.15) is 17.3 Å². The van der Waals surface area contributed by atoms with E-state index in [0.29, 0.717) is 11.3 Å². The Kier molecular flexibility index (Phi) is 4.39. The molecule has 0 atom stereocenters. The van der Waals surface area contributed by atoms with E-state index in [9.17, 15) is 4.39 Å². The first-order valence-electron chi connectivity index (χ1n) is 8.07. The van der Waals surface area contributed by atoms with Crippen molar-refractivity contribution in [2.45, 2.75) is 26.2 Å². The van der Waals surface area contributed by atoms with Crippen LogP contribution in [0, 0.1) is 5.82 Å². The van der Waals surface area contributed by atoms with E-state index in [4.69, 9.17) is 4.74 Å². The van der Waals surface area contributed by atoms with Crippen molar-refractivity contribution in [2.24, 2.45) is 0 Å². The molecule has 0 N–H and O–H groups in total. The summed E-state index contributed by atoms with van der Waals surface area (Å²) < 4.78 is 20.2. The molecule has 3 aromatic rings. The average Bonchev–Trinajstić information content (AvgIpc) is 2.55. The molecule has 0 spiro atoms. The van der Waals surface area contributed by atoms with E-state index >= 15 is 0 Å². The zero-order chi connectivity index (χ0) is 17.2. The largest absolute Gasteiger partial charge is 0.457 e. The Bertz CT molecular complexity index is 832. The zero-order valence-electron chi connectivity index (χ0n) is 14.2. The molecule has 0 aliphatic carbocycles. The van der Waals surface area contributed by atoms with Gasteiger partial charge in [0.05, 0.1) is 0 Å². The maximum absolute atomic E-state index is 14.4. The van der Waals surface area contributed by atoms with Gasteiger partial charge in [0, 0.05) is 5.56 Å². The van der Waals surface area contributed by atoms with Crippen molar-refractivity contribution in [1.82, 2.24) is 0 Å². The third-order valence-corrected chi connectivity index (χ3v) is 3.96. The number of benzene rings is 3. The Morgan fingerprint density at radius 2 is 1.46 bits per heavy atom. The summed E-state index contributed by atoms with van der Waals surface area (Å²) in [7, 11) is 0. The van der Waals surface area contributed by atoms with Crippen LogP contribution in [0.3, 0.4) is 0 Å². The maximum Gasteiger partial charge on any atom is 0.131 e. The lowest BCUT2D eigenvalue weighted by Crippen LogP contribution is -2.11. The summed E-state index contributed by atoms with van der Waals surface area (Å²) in [5, 5.41) is 0. The third-order valence-electron chi connectivity index (χ3n) is 3.96. The third kappa shape index (κ3) is 3.65. The van der Waals surface area contributed by atoms with E-state index in [-0.39, 0.29) is 11.2 Å². The summed E-state index contributed by atoms with van der Waals surface area (Å²) in [5.74, 6) is 1.23. The molecule has 2 heteroatoms. The zero-order valence-corrected chi connectivity index (χ0v) is 14.2. The normalized spacial score (nSPS) is 11.3. The molecule has 0 unspecified atom stereocenters. The SMILES string of the molecule is CC(C)(C)c1ccc(F)c(-c2cccc(Oc3ccccc3)c2)c1. The number of hydrogen-bond donors (Lipinski definition) is 0. The number of hydrogen-bond acceptors (Lipinski definition) is 1. The molecule has 0 heterocycles. The Morgan fingerprint density at radius 3 is 2.17 bits per heavy atom. The van der Waals surface area contributed by atoms with Crippen LogP contribution < -0.4 is 4.74 Å². The fraction of sp³-hybridized carbons (Fsp3) is 0.182. The molecule has 0 amide bonds. The van der Waals surface area contributed by atoms with Crippen molar-refractivity contribution in [1.29, 1.82) is 0 Å². The molecule has 0 radical (unpaired) electrons. The van der Waals surface area contributed by atoms with Crippen LogP contribution in [0.4, 0.5) is 4.39 Å². The van der Waals surface area contributed by atoms with Crippen molar-refractivity contribution in [3.05, 3.63) is 84.2 Å². The Balaban J connectivity index is 1.97. The minimum Gasteiger partial charge on any atom is -0.457 e. The molecule has 24 heavy (non-hydrogen) atoms. The van der Waals surface area contributed by atoms with Crippen molar-refractivity contribution in [2.75, 3.05) is 0 Å². The van der Waals surface area contributed by atoms with Crippen LogP contribution in [0.25, 0.3) is 11.1 Å². The summed E-state index contributed by atoms with van der Waals surface area (Å²) in [5.41, 5.74) is 2.49. The van der Waals surface area contributed by atoms with Crippen LogP contribution in [-0.2, 0) is 5.41 Å². The monoisotopic (exact) mass is 320 g/mol. The van der Waals surface area contributed by atoms with Crippen LogP contribution in [0.1, 0.15) is 26.3 Å². The lowest BCUT2D eigenvalue weighted by molar-refractivity contribution is 0.483. The highest BCUT2D eigenvalue weighted by molar-refractivity contribution is 5.67. The van der Waals surface area contributed by atoms with Gasteiger partial charge in [0.15, 0.2) is 0 Å². The van der Waals surface area contributed by atoms with E-state index in [1.807, 2.05) is 66.7 Å². The van der Waals surface area contributed by atoms with Gasteiger partial charge in [-0.1, -0.05) is 57.2 Å². The highest BCUT2D eigenvalue weighted by atomic mass is 19.1. The highest BCUT2D eigenvalue weighted by Gasteiger charge is 2.16. The minimum absolute atomic E-state index is 0.0272. The van der Waals surface area contributed by atoms with Gasteiger partial charge in [-0.2, -0.15) is 0 Å². The molecular formula is C22H21FO. The summed E-state index contributed by atoms with van der Waals surface area (Å²) >= 11 is 0. The molecule has 0 aliphatic rings. The van der Waals surface area contributed by atoms with Crippen LogP contribution >= 0.6 is 0 Å². The predicted molar refractivity (Wildman–Crippen MR) is 97.1 cm³/mol. The highest BCUT2D eigenvalue weighted by Crippen LogP contribution is 2.32.